The molecule has 3 rings (SSSR count). The fourth-order valence-electron chi connectivity index (χ4n) is 3.23. The van der Waals surface area contributed by atoms with Gasteiger partial charge in [-0.2, -0.15) is 0 Å². The maximum absolute atomic E-state index is 10.8. The summed E-state index contributed by atoms with van der Waals surface area (Å²) in [5.74, 6) is -1.99. The lowest BCUT2D eigenvalue weighted by atomic mass is 9.87. The third kappa shape index (κ3) is 1.70. The number of nitrogens with two attached hydrogens (primary N) is 3. The second kappa shape index (κ2) is 4.11. The Kier molecular flexibility index (Phi) is 2.68. The summed E-state index contributed by atoms with van der Waals surface area (Å²) in [5, 5.41) is 23.5. The Hall–Kier alpha value is -2.27. The predicted molar refractivity (Wildman–Crippen MR) is 70.7 cm³/mol. The molecule has 1 saturated heterocycles. The van der Waals surface area contributed by atoms with Crippen molar-refractivity contribution in [1.82, 2.24) is 10.2 Å². The van der Waals surface area contributed by atoms with Gasteiger partial charge >= 0.3 is 6.09 Å². The Morgan fingerprint density at radius 2 is 2.19 bits per heavy atom. The topological polar surface area (TPSA) is 185 Å². The van der Waals surface area contributed by atoms with Gasteiger partial charge < -0.3 is 42.4 Å². The average molecular weight is 299 g/mol. The summed E-state index contributed by atoms with van der Waals surface area (Å²) < 4.78 is 4.74. The van der Waals surface area contributed by atoms with E-state index < -0.39 is 29.6 Å². The van der Waals surface area contributed by atoms with Gasteiger partial charge in [0, 0.05) is 13.0 Å². The largest absolute Gasteiger partial charge is 0.447 e. The molecule has 1 spiro atoms. The number of hydrogen-bond donors (Lipinski definition) is 6. The first-order chi connectivity index (χ1) is 9.78. The van der Waals surface area contributed by atoms with E-state index in [4.69, 9.17) is 21.9 Å². The predicted octanol–water partition coefficient (Wildman–Crippen LogP) is -3.85. The van der Waals surface area contributed by atoms with Gasteiger partial charge in [0.25, 0.3) is 0 Å². The molecule has 1 unspecified atom stereocenters. The quantitative estimate of drug-likeness (QED) is 0.280. The fraction of sp³-hybridized carbons (Fsp3) is 0.700. The number of hydrogen-bond acceptors (Lipinski definition) is 10. The molecule has 0 bridgehead atoms. The van der Waals surface area contributed by atoms with Gasteiger partial charge in [0.05, 0.1) is 0 Å². The fourth-order valence-corrected chi connectivity index (χ4v) is 3.23. The number of aliphatic hydroxyl groups is 2. The summed E-state index contributed by atoms with van der Waals surface area (Å²) in [6.45, 7) is 0.0862. The number of ether oxygens (including phenoxy) is 1. The van der Waals surface area contributed by atoms with Gasteiger partial charge in [-0.15, -0.1) is 0 Å². The minimum absolute atomic E-state index is 0.0355. The Balaban J connectivity index is 2.01. The van der Waals surface area contributed by atoms with Crippen LogP contribution < -0.4 is 22.5 Å². The van der Waals surface area contributed by atoms with Crippen LogP contribution in [0, 0.1) is 0 Å². The Labute approximate surface area is 119 Å². The summed E-state index contributed by atoms with van der Waals surface area (Å²) in [6, 6.07) is -1.50. The van der Waals surface area contributed by atoms with Crippen molar-refractivity contribution in [3.05, 3.63) is 0 Å². The average Bonchev–Trinajstić information content (AvgIpc) is 2.85. The molecule has 3 atom stereocenters. The van der Waals surface area contributed by atoms with E-state index in [1.807, 2.05) is 0 Å². The van der Waals surface area contributed by atoms with Gasteiger partial charge in [0.1, 0.15) is 18.7 Å². The maximum Gasteiger partial charge on any atom is 0.404 e. The molecule has 0 aromatic carbocycles. The highest BCUT2D eigenvalue weighted by Crippen LogP contribution is 2.44. The molecule has 116 valence electrons. The maximum atomic E-state index is 10.8. The smallest absolute Gasteiger partial charge is 0.404 e. The Morgan fingerprint density at radius 3 is 2.86 bits per heavy atom. The normalized spacial score (nSPS) is 36.2. The van der Waals surface area contributed by atoms with Gasteiger partial charge in [0.15, 0.2) is 17.6 Å². The zero-order chi connectivity index (χ0) is 15.4. The van der Waals surface area contributed by atoms with Crippen molar-refractivity contribution >= 4 is 18.0 Å². The highest BCUT2D eigenvalue weighted by atomic mass is 16.5. The number of aliphatic imine (C=N–C) groups is 2. The van der Waals surface area contributed by atoms with E-state index in [1.165, 1.54) is 4.90 Å². The van der Waals surface area contributed by atoms with Crippen LogP contribution in [0.4, 0.5) is 4.79 Å². The van der Waals surface area contributed by atoms with Crippen molar-refractivity contribution in [2.75, 3.05) is 13.2 Å². The lowest BCUT2D eigenvalue weighted by Crippen LogP contribution is -2.76. The van der Waals surface area contributed by atoms with Crippen LogP contribution in [0.25, 0.3) is 0 Å². The zero-order valence-electron chi connectivity index (χ0n) is 11.1. The Bertz CT molecular complexity index is 548. The van der Waals surface area contributed by atoms with Crippen LogP contribution in [0.5, 0.6) is 0 Å². The summed E-state index contributed by atoms with van der Waals surface area (Å²) in [7, 11) is 0. The van der Waals surface area contributed by atoms with Crippen LogP contribution >= 0.6 is 0 Å². The number of carbonyl (C=O) groups excluding carboxylic acids is 1. The monoisotopic (exact) mass is 299 g/mol. The van der Waals surface area contributed by atoms with Crippen LogP contribution in [-0.2, 0) is 4.74 Å². The number of guanidine groups is 2. The van der Waals surface area contributed by atoms with Crippen LogP contribution in [0.1, 0.15) is 6.42 Å². The summed E-state index contributed by atoms with van der Waals surface area (Å²) >= 11 is 0. The van der Waals surface area contributed by atoms with E-state index in [1.54, 1.807) is 0 Å². The van der Waals surface area contributed by atoms with Crippen molar-refractivity contribution in [3.63, 3.8) is 0 Å². The molecule has 3 aliphatic rings. The number of primary amides is 1. The molecule has 0 radical (unpaired) electrons. The second-order valence-corrected chi connectivity index (χ2v) is 5.25. The summed E-state index contributed by atoms with van der Waals surface area (Å²) in [5.41, 5.74) is 15.1. The van der Waals surface area contributed by atoms with Gasteiger partial charge in [-0.05, 0) is 0 Å². The highest BCUT2D eigenvalue weighted by molar-refractivity contribution is 5.87. The number of carbonyl (C=O) groups is 1. The van der Waals surface area contributed by atoms with E-state index in [0.29, 0.717) is 0 Å². The standard InChI is InChI=1S/C10H17N7O4/c11-6-15-5-4(3-21-8(13)18)14-7(12)17-2-1-9(19,20)10(5,17)16-6/h4-5,19-20H,1-3H2,(H2,12,14)(H2,13,18)(H3,11,15,16)/t4?,5-,10-/m0/s1. The molecule has 0 saturated carbocycles. The van der Waals surface area contributed by atoms with Crippen LogP contribution in [0.2, 0.25) is 0 Å². The van der Waals surface area contributed by atoms with Gasteiger partial charge in [0.2, 0.25) is 5.79 Å². The van der Waals surface area contributed by atoms with E-state index in [-0.39, 0.29) is 31.5 Å². The first kappa shape index (κ1) is 13.7. The van der Waals surface area contributed by atoms with E-state index in [2.05, 4.69) is 15.3 Å². The van der Waals surface area contributed by atoms with Crippen molar-refractivity contribution in [2.45, 2.75) is 30.0 Å². The van der Waals surface area contributed by atoms with Gasteiger partial charge in [-0.3, -0.25) is 0 Å². The molecule has 21 heavy (non-hydrogen) atoms. The number of nitrogens with one attached hydrogen (secondary N) is 1. The number of nitrogens with zero attached hydrogens (tertiary/aromatic N) is 3. The molecule has 11 nitrogen and oxygen atoms in total. The molecule has 9 N–H and O–H groups in total. The molecule has 3 aliphatic heterocycles. The van der Waals surface area contributed by atoms with Crippen LogP contribution in [0.15, 0.2) is 9.98 Å². The molecule has 11 heteroatoms. The zero-order valence-corrected chi connectivity index (χ0v) is 11.1. The molecule has 1 fully saturated rings. The van der Waals surface area contributed by atoms with Crippen molar-refractivity contribution in [2.24, 2.45) is 27.2 Å². The van der Waals surface area contributed by atoms with E-state index in [0.717, 1.165) is 0 Å². The third-order valence-corrected chi connectivity index (χ3v) is 4.08. The van der Waals surface area contributed by atoms with Crippen molar-refractivity contribution in [3.8, 4) is 0 Å². The Morgan fingerprint density at radius 1 is 1.48 bits per heavy atom. The van der Waals surface area contributed by atoms with Gasteiger partial charge in [-0.25, -0.2) is 14.8 Å². The van der Waals surface area contributed by atoms with E-state index in [9.17, 15) is 15.0 Å². The first-order valence-electron chi connectivity index (χ1n) is 6.37. The lowest BCUT2D eigenvalue weighted by Gasteiger charge is -2.48. The van der Waals surface area contributed by atoms with Crippen molar-refractivity contribution in [1.29, 1.82) is 0 Å². The SMILES string of the molecule is NC(=O)OCC1N=C(N)N2CCC(O)(O)[C@@]23NC(N)=N[C@@H]13. The molecule has 3 heterocycles. The summed E-state index contributed by atoms with van der Waals surface area (Å²) in [6.07, 6.45) is -0.923. The molecule has 0 aliphatic carbocycles. The third-order valence-electron chi connectivity index (χ3n) is 4.08. The minimum atomic E-state index is -2.12. The molecule has 1 amide bonds. The van der Waals surface area contributed by atoms with E-state index >= 15 is 0 Å². The second-order valence-electron chi connectivity index (χ2n) is 5.25. The van der Waals surface area contributed by atoms with Crippen molar-refractivity contribution < 1.29 is 19.7 Å². The summed E-state index contributed by atoms with van der Waals surface area (Å²) in [4.78, 5) is 20.6. The lowest BCUT2D eigenvalue weighted by molar-refractivity contribution is -0.221. The van der Waals surface area contributed by atoms with Gasteiger partial charge in [-0.1, -0.05) is 0 Å². The van der Waals surface area contributed by atoms with Crippen LogP contribution in [-0.4, -0.2) is 69.8 Å². The molecule has 0 aromatic heterocycles. The number of amides is 1. The highest BCUT2D eigenvalue weighted by Gasteiger charge is 2.69. The molecular weight excluding hydrogens is 282 g/mol. The minimum Gasteiger partial charge on any atom is -0.447 e. The molecular formula is C10H17N7O4. The first-order valence-corrected chi connectivity index (χ1v) is 6.37. The van der Waals surface area contributed by atoms with Crippen LogP contribution in [0.3, 0.4) is 0 Å². The molecule has 0 aromatic rings. The number of rotatable bonds is 2.